The number of carbonyl (C=O) groups is 3. The van der Waals surface area contributed by atoms with Gasteiger partial charge in [0, 0.05) is 12.0 Å². The van der Waals surface area contributed by atoms with Crippen molar-refractivity contribution in [1.82, 2.24) is 0 Å². The molecule has 0 heterocycles. The highest BCUT2D eigenvalue weighted by Crippen LogP contribution is 2.18. The smallest absolute Gasteiger partial charge is 0.307 e. The monoisotopic (exact) mass is 375 g/mol. The first-order chi connectivity index (χ1) is 12.8. The van der Waals surface area contributed by atoms with Crippen molar-refractivity contribution in [2.45, 2.75) is 32.8 Å². The summed E-state index contributed by atoms with van der Waals surface area (Å²) in [4.78, 5) is 35.8. The summed E-state index contributed by atoms with van der Waals surface area (Å²) >= 11 is 0. The van der Waals surface area contributed by atoms with E-state index >= 15 is 0 Å². The number of ketones is 1. The van der Waals surface area contributed by atoms with Gasteiger partial charge in [0.1, 0.15) is 17.3 Å². The molecule has 0 aliphatic carbocycles. The van der Waals surface area contributed by atoms with E-state index in [0.717, 1.165) is 23.8 Å². The van der Waals surface area contributed by atoms with E-state index < -0.39 is 35.3 Å². The maximum absolute atomic E-state index is 13.5. The van der Waals surface area contributed by atoms with Crippen molar-refractivity contribution < 1.29 is 27.9 Å². The van der Waals surface area contributed by atoms with Crippen molar-refractivity contribution in [2.24, 2.45) is 0 Å². The van der Waals surface area contributed by atoms with E-state index in [0.29, 0.717) is 5.56 Å². The molecule has 0 radical (unpaired) electrons. The number of anilines is 1. The van der Waals surface area contributed by atoms with Gasteiger partial charge in [-0.15, -0.1) is 0 Å². The molecular weight excluding hydrogens is 356 g/mol. The van der Waals surface area contributed by atoms with Crippen LogP contribution in [-0.2, 0) is 14.3 Å². The van der Waals surface area contributed by atoms with Gasteiger partial charge < -0.3 is 10.1 Å². The van der Waals surface area contributed by atoms with Crippen LogP contribution in [0.25, 0.3) is 0 Å². The average Bonchev–Trinajstić information content (AvgIpc) is 2.63. The van der Waals surface area contributed by atoms with Crippen molar-refractivity contribution in [2.75, 3.05) is 5.32 Å². The number of carbonyl (C=O) groups excluding carboxylic acids is 3. The summed E-state index contributed by atoms with van der Waals surface area (Å²) in [5, 5.41) is 2.05. The number of hydrogen-bond acceptors (Lipinski definition) is 4. The lowest BCUT2D eigenvalue weighted by atomic mass is 10.1. The number of ether oxygens (including phenoxy) is 1. The molecule has 142 valence electrons. The molecule has 0 unspecified atom stereocenters. The van der Waals surface area contributed by atoms with Gasteiger partial charge in [0.2, 0.25) is 0 Å². The van der Waals surface area contributed by atoms with Crippen molar-refractivity contribution in [3.05, 3.63) is 65.2 Å². The maximum atomic E-state index is 13.5. The Bertz CT molecular complexity index is 829. The summed E-state index contributed by atoms with van der Waals surface area (Å²) in [6, 6.07) is 10.1. The standard InChI is InChI=1S/C20H19F2NO4/c1-12-6-8-14(9-7-12)17(24)10-11-18(25)27-13(2)20(26)23-19-15(21)4-3-5-16(19)22/h3-9,13H,10-11H2,1-2H3,(H,23,26)/t13-/m1/s1. The Balaban J connectivity index is 1.85. The third-order valence-corrected chi connectivity index (χ3v) is 3.82. The number of rotatable bonds is 7. The molecule has 0 fully saturated rings. The summed E-state index contributed by atoms with van der Waals surface area (Å²) in [5.74, 6) is -3.74. The number of esters is 1. The first-order valence-corrected chi connectivity index (χ1v) is 8.32. The third kappa shape index (κ3) is 5.70. The Morgan fingerprint density at radius 3 is 2.19 bits per heavy atom. The van der Waals surface area contributed by atoms with Gasteiger partial charge in [-0.25, -0.2) is 8.78 Å². The topological polar surface area (TPSA) is 72.5 Å². The number of benzene rings is 2. The summed E-state index contributed by atoms with van der Waals surface area (Å²) in [6.45, 7) is 3.17. The molecule has 0 spiro atoms. The molecule has 0 aliphatic heterocycles. The summed E-state index contributed by atoms with van der Waals surface area (Å²) in [7, 11) is 0. The molecule has 0 bridgehead atoms. The third-order valence-electron chi connectivity index (χ3n) is 3.82. The number of amides is 1. The van der Waals surface area contributed by atoms with Crippen LogP contribution in [0.5, 0.6) is 0 Å². The highest BCUT2D eigenvalue weighted by Gasteiger charge is 2.21. The first-order valence-electron chi connectivity index (χ1n) is 8.32. The normalized spacial score (nSPS) is 11.6. The van der Waals surface area contributed by atoms with Crippen molar-refractivity contribution >= 4 is 23.3 Å². The largest absolute Gasteiger partial charge is 0.453 e. The van der Waals surface area contributed by atoms with E-state index in [4.69, 9.17) is 4.74 Å². The second kappa shape index (κ2) is 9.02. The Morgan fingerprint density at radius 1 is 1.00 bits per heavy atom. The molecule has 27 heavy (non-hydrogen) atoms. The first kappa shape index (κ1) is 20.2. The quantitative estimate of drug-likeness (QED) is 0.590. The molecule has 0 saturated heterocycles. The fraction of sp³-hybridized carbons (Fsp3) is 0.250. The Hall–Kier alpha value is -3.09. The molecule has 1 N–H and O–H groups in total. The molecule has 2 aromatic rings. The SMILES string of the molecule is Cc1ccc(C(=O)CCC(=O)O[C@H](C)C(=O)Nc2c(F)cccc2F)cc1. The van der Waals surface area contributed by atoms with Crippen LogP contribution < -0.4 is 5.32 Å². The maximum Gasteiger partial charge on any atom is 0.307 e. The highest BCUT2D eigenvalue weighted by molar-refractivity contribution is 5.98. The minimum atomic E-state index is -1.27. The van der Waals surface area contributed by atoms with Gasteiger partial charge in [0.25, 0.3) is 5.91 Å². The number of nitrogens with one attached hydrogen (secondary N) is 1. The van der Waals surface area contributed by atoms with E-state index in [9.17, 15) is 23.2 Å². The van der Waals surface area contributed by atoms with Crippen LogP contribution in [0.3, 0.4) is 0 Å². The van der Waals surface area contributed by atoms with Crippen LogP contribution in [0.15, 0.2) is 42.5 Å². The van der Waals surface area contributed by atoms with Crippen LogP contribution in [0.4, 0.5) is 14.5 Å². The summed E-state index contributed by atoms with van der Waals surface area (Å²) in [5.41, 5.74) is 0.881. The lowest BCUT2D eigenvalue weighted by molar-refractivity contribution is -0.153. The van der Waals surface area contributed by atoms with E-state index in [2.05, 4.69) is 0 Å². The van der Waals surface area contributed by atoms with Crippen molar-refractivity contribution in [3.63, 3.8) is 0 Å². The van der Waals surface area contributed by atoms with Crippen LogP contribution in [0, 0.1) is 18.6 Å². The molecule has 1 atom stereocenters. The number of hydrogen-bond donors (Lipinski definition) is 1. The fourth-order valence-electron chi connectivity index (χ4n) is 2.25. The zero-order chi connectivity index (χ0) is 20.0. The molecule has 0 aromatic heterocycles. The van der Waals surface area contributed by atoms with E-state index in [1.807, 2.05) is 12.2 Å². The van der Waals surface area contributed by atoms with E-state index in [1.54, 1.807) is 24.3 Å². The number of halogens is 2. The van der Waals surface area contributed by atoms with Crippen molar-refractivity contribution in [3.8, 4) is 0 Å². The zero-order valence-electron chi connectivity index (χ0n) is 14.9. The lowest BCUT2D eigenvalue weighted by Gasteiger charge is -2.14. The molecule has 2 rings (SSSR count). The Labute approximate surface area is 155 Å². The molecule has 5 nitrogen and oxygen atoms in total. The number of para-hydroxylation sites is 1. The van der Waals surface area contributed by atoms with Gasteiger partial charge in [-0.3, -0.25) is 14.4 Å². The minimum Gasteiger partial charge on any atom is -0.453 e. The van der Waals surface area contributed by atoms with Crippen LogP contribution >= 0.6 is 0 Å². The minimum absolute atomic E-state index is 0.0713. The predicted octanol–water partition coefficient (Wildman–Crippen LogP) is 3.81. The molecule has 0 aliphatic rings. The fourth-order valence-corrected chi connectivity index (χ4v) is 2.25. The van der Waals surface area contributed by atoms with Crippen LogP contribution in [-0.4, -0.2) is 23.8 Å². The van der Waals surface area contributed by atoms with Gasteiger partial charge in [-0.1, -0.05) is 35.9 Å². The van der Waals surface area contributed by atoms with Gasteiger partial charge >= 0.3 is 5.97 Å². The molecule has 1 amide bonds. The number of Topliss-reactive ketones (excluding diaryl/α,β-unsaturated/α-hetero) is 1. The van der Waals surface area contributed by atoms with Crippen molar-refractivity contribution in [1.29, 1.82) is 0 Å². The second-order valence-electron chi connectivity index (χ2n) is 6.01. The van der Waals surface area contributed by atoms with E-state index in [-0.39, 0.29) is 18.6 Å². The Morgan fingerprint density at radius 2 is 1.59 bits per heavy atom. The molecule has 7 heteroatoms. The van der Waals surface area contributed by atoms with Gasteiger partial charge in [0.15, 0.2) is 11.9 Å². The zero-order valence-corrected chi connectivity index (χ0v) is 14.9. The predicted molar refractivity (Wildman–Crippen MR) is 95.3 cm³/mol. The van der Waals surface area contributed by atoms with Gasteiger partial charge in [0.05, 0.1) is 6.42 Å². The average molecular weight is 375 g/mol. The molecular formula is C20H19F2NO4. The summed E-state index contributed by atoms with van der Waals surface area (Å²) < 4.78 is 32.0. The van der Waals surface area contributed by atoms with Gasteiger partial charge in [-0.2, -0.15) is 0 Å². The number of aryl methyl sites for hydroxylation is 1. The second-order valence-corrected chi connectivity index (χ2v) is 6.01. The summed E-state index contributed by atoms with van der Waals surface area (Å²) in [6.07, 6.45) is -1.55. The van der Waals surface area contributed by atoms with Crippen LogP contribution in [0.2, 0.25) is 0 Å². The lowest BCUT2D eigenvalue weighted by Crippen LogP contribution is -2.30. The van der Waals surface area contributed by atoms with E-state index in [1.165, 1.54) is 6.92 Å². The van der Waals surface area contributed by atoms with Gasteiger partial charge in [-0.05, 0) is 26.0 Å². The Kier molecular flexibility index (Phi) is 6.76. The molecule has 2 aromatic carbocycles. The highest BCUT2D eigenvalue weighted by atomic mass is 19.1. The molecule has 0 saturated carbocycles. The van der Waals surface area contributed by atoms with Crippen LogP contribution in [0.1, 0.15) is 35.7 Å².